The van der Waals surface area contributed by atoms with E-state index in [-0.39, 0.29) is 38.6 Å². The summed E-state index contributed by atoms with van der Waals surface area (Å²) < 4.78 is 5.27. The van der Waals surface area contributed by atoms with E-state index >= 15 is 0 Å². The van der Waals surface area contributed by atoms with Gasteiger partial charge in [0.1, 0.15) is 0 Å². The van der Waals surface area contributed by atoms with Gasteiger partial charge in [0.15, 0.2) is 0 Å². The Morgan fingerprint density at radius 3 is 2.56 bits per heavy atom. The zero-order chi connectivity index (χ0) is 21.9. The number of unbranched alkanes of at least 4 members (excludes halogenated alkanes) is 3. The molecule has 1 atom stereocenters. The van der Waals surface area contributed by atoms with Gasteiger partial charge in [-0.25, -0.2) is 0 Å². The zero-order valence-electron chi connectivity index (χ0n) is 18.7. The first kappa shape index (κ1) is 26.4. The van der Waals surface area contributed by atoms with Crippen LogP contribution in [-0.4, -0.2) is 22.5 Å². The molecule has 0 saturated heterocycles. The van der Waals surface area contributed by atoms with Crippen LogP contribution < -0.4 is 4.90 Å². The number of aromatic nitrogens is 1. The van der Waals surface area contributed by atoms with Crippen molar-refractivity contribution < 1.29 is 47.0 Å². The Bertz CT molecular complexity index is 899. The molecular weight excluding hydrogens is 477 g/mol. The van der Waals surface area contributed by atoms with Crippen LogP contribution in [0.25, 0.3) is 0 Å². The number of benzene rings is 1. The van der Waals surface area contributed by atoms with E-state index in [0.29, 0.717) is 24.2 Å². The summed E-state index contributed by atoms with van der Waals surface area (Å²) in [5, 5.41) is 10.4. The number of rotatable bonds is 12. The molecule has 1 unspecified atom stereocenters. The van der Waals surface area contributed by atoms with Crippen molar-refractivity contribution in [1.29, 1.82) is 0 Å². The average Bonchev–Trinajstić information content (AvgIpc) is 3.33. The van der Waals surface area contributed by atoms with E-state index in [2.05, 4.69) is 18.2 Å². The number of pyridine rings is 1. The Morgan fingerprint density at radius 1 is 1.09 bits per heavy atom. The molecule has 2 aromatic heterocycles. The molecule has 1 N–H and O–H groups in total. The number of aryl methyl sites for hydroxylation is 1. The van der Waals surface area contributed by atoms with Gasteiger partial charge in [0.05, 0.1) is 23.7 Å². The fraction of sp³-hybridized carbons (Fsp3) is 0.385. The summed E-state index contributed by atoms with van der Waals surface area (Å²) in [4.78, 5) is 19.4. The second-order valence-corrected chi connectivity index (χ2v) is 7.75. The molecule has 1 aromatic carbocycles. The normalized spacial score (nSPS) is 11.6. The third-order valence-electron chi connectivity index (χ3n) is 5.35. The number of carbonyl (C=O) groups is 1. The van der Waals surface area contributed by atoms with Crippen LogP contribution in [0.15, 0.2) is 65.2 Å². The monoisotopic (exact) mass is 508 g/mol. The molecule has 0 saturated carbocycles. The molecule has 1 radical (unpaired) electrons. The Kier molecular flexibility index (Phi) is 11.9. The molecule has 167 valence electrons. The molecular formula is C26H31N2O3Y-. The number of furan rings is 1. The Balaban J connectivity index is 0.00000363. The molecule has 0 aliphatic heterocycles. The van der Waals surface area contributed by atoms with Crippen LogP contribution in [0.2, 0.25) is 0 Å². The molecule has 0 aliphatic rings. The summed E-state index contributed by atoms with van der Waals surface area (Å²) in [7, 11) is 0. The first-order valence-corrected chi connectivity index (χ1v) is 11.1. The van der Waals surface area contributed by atoms with Crippen LogP contribution in [0.4, 0.5) is 5.69 Å². The molecule has 3 aromatic rings. The summed E-state index contributed by atoms with van der Waals surface area (Å²) in [6, 6.07) is 16.7. The number of hydrogen-bond acceptors (Lipinski definition) is 4. The minimum Gasteiger partial charge on any atom is -0.596 e. The van der Waals surface area contributed by atoms with Crippen molar-refractivity contribution in [2.24, 2.45) is 0 Å². The van der Waals surface area contributed by atoms with Crippen LogP contribution in [-0.2, 0) is 39.1 Å². The van der Waals surface area contributed by atoms with Crippen molar-refractivity contribution in [3.63, 3.8) is 0 Å². The smallest absolute Gasteiger partial charge is 0.258 e. The number of nitrogens with zero attached hydrogens (tertiary/aromatic N) is 2. The maximum Gasteiger partial charge on any atom is 0.258 e. The van der Waals surface area contributed by atoms with Gasteiger partial charge < -0.3 is 14.4 Å². The van der Waals surface area contributed by atoms with Crippen molar-refractivity contribution in [3.05, 3.63) is 84.1 Å². The van der Waals surface area contributed by atoms with Gasteiger partial charge in [-0.15, -0.1) is 6.07 Å². The predicted molar refractivity (Wildman–Crippen MR) is 122 cm³/mol. The Morgan fingerprint density at radius 2 is 1.91 bits per heavy atom. The molecule has 0 bridgehead atoms. The third kappa shape index (κ3) is 7.95. The number of anilines is 1. The van der Waals surface area contributed by atoms with Crippen molar-refractivity contribution in [3.8, 4) is 0 Å². The minimum absolute atomic E-state index is 0. The van der Waals surface area contributed by atoms with E-state index in [1.807, 2.05) is 48.5 Å². The first-order chi connectivity index (χ1) is 15.2. The van der Waals surface area contributed by atoms with Gasteiger partial charge in [-0.1, -0.05) is 63.0 Å². The molecule has 0 fully saturated rings. The van der Waals surface area contributed by atoms with Gasteiger partial charge in [-0.2, -0.15) is 6.07 Å². The Hall–Kier alpha value is -1.82. The molecule has 0 spiro atoms. The van der Waals surface area contributed by atoms with Crippen LogP contribution in [0.3, 0.4) is 0 Å². The molecule has 3 rings (SSSR count). The standard InChI is InChI=1S/C26H31N2O3.Y/c1-2-3-5-15-25(29)24-17-16-22(20-27-24)28(26(30)21-11-6-4-7-12-21)18-9-8-13-23-14-10-19-31-23;/h4,6-7,10-12,14,16-17,20,25,29H,2-3,5,8-9,13,15,18H2,1H3;/q-1;. The van der Waals surface area contributed by atoms with Crippen LogP contribution in [0.5, 0.6) is 0 Å². The van der Waals surface area contributed by atoms with E-state index in [4.69, 9.17) is 4.42 Å². The summed E-state index contributed by atoms with van der Waals surface area (Å²) >= 11 is 0. The van der Waals surface area contributed by atoms with Gasteiger partial charge in [0.2, 0.25) is 0 Å². The van der Waals surface area contributed by atoms with E-state index in [0.717, 1.165) is 50.0 Å². The average molecular weight is 508 g/mol. The van der Waals surface area contributed by atoms with Crippen molar-refractivity contribution >= 4 is 11.6 Å². The van der Waals surface area contributed by atoms with Crippen LogP contribution in [0, 0.1) is 6.26 Å². The van der Waals surface area contributed by atoms with E-state index in [1.165, 1.54) is 0 Å². The Labute approximate surface area is 216 Å². The zero-order valence-corrected chi connectivity index (χ0v) is 21.6. The summed E-state index contributed by atoms with van der Waals surface area (Å²) in [6.45, 7) is 2.73. The second-order valence-electron chi connectivity index (χ2n) is 7.75. The summed E-state index contributed by atoms with van der Waals surface area (Å²) in [6.07, 6.45) is 10.3. The maximum absolute atomic E-state index is 13.2. The first-order valence-electron chi connectivity index (χ1n) is 11.1. The van der Waals surface area contributed by atoms with Gasteiger partial charge in [-0.05, 0) is 43.4 Å². The van der Waals surface area contributed by atoms with Gasteiger partial charge in [-0.3, -0.25) is 9.78 Å². The molecule has 6 heteroatoms. The number of amides is 1. The number of hydrogen-bond donors (Lipinski definition) is 1. The predicted octanol–water partition coefficient (Wildman–Crippen LogP) is 5.76. The van der Waals surface area contributed by atoms with Crippen molar-refractivity contribution in [2.45, 2.75) is 58.0 Å². The SMILES string of the molecule is CCCCCC(O)c1ccc(N(CCCCc2cc[c-]o2)C(=O)c2ccccc2)cn1.[Y]. The van der Waals surface area contributed by atoms with Crippen LogP contribution >= 0.6 is 0 Å². The number of aliphatic hydroxyl groups is 1. The van der Waals surface area contributed by atoms with E-state index in [9.17, 15) is 9.90 Å². The fourth-order valence-corrected chi connectivity index (χ4v) is 3.55. The maximum atomic E-state index is 13.2. The summed E-state index contributed by atoms with van der Waals surface area (Å²) in [5.74, 6) is 0.856. The number of aliphatic hydroxyl groups excluding tert-OH is 1. The van der Waals surface area contributed by atoms with Gasteiger partial charge in [0, 0.05) is 44.8 Å². The van der Waals surface area contributed by atoms with Crippen molar-refractivity contribution in [1.82, 2.24) is 4.98 Å². The molecule has 32 heavy (non-hydrogen) atoms. The van der Waals surface area contributed by atoms with Crippen molar-refractivity contribution in [2.75, 3.05) is 11.4 Å². The van der Waals surface area contributed by atoms with E-state index in [1.54, 1.807) is 17.2 Å². The van der Waals surface area contributed by atoms with Gasteiger partial charge >= 0.3 is 0 Å². The largest absolute Gasteiger partial charge is 0.596 e. The molecule has 1 amide bonds. The second kappa shape index (κ2) is 14.4. The van der Waals surface area contributed by atoms with Crippen LogP contribution in [0.1, 0.15) is 73.4 Å². The molecule has 2 heterocycles. The van der Waals surface area contributed by atoms with E-state index < -0.39 is 6.10 Å². The fourth-order valence-electron chi connectivity index (χ4n) is 3.55. The minimum atomic E-state index is -0.566. The molecule has 5 nitrogen and oxygen atoms in total. The summed E-state index contributed by atoms with van der Waals surface area (Å²) in [5.41, 5.74) is 2.04. The molecule has 0 aliphatic carbocycles. The topological polar surface area (TPSA) is 66.6 Å². The van der Waals surface area contributed by atoms with Gasteiger partial charge in [0.25, 0.3) is 5.91 Å². The third-order valence-corrected chi connectivity index (χ3v) is 5.35. The number of carbonyl (C=O) groups excluding carboxylic acids is 1. The quantitative estimate of drug-likeness (QED) is 0.250.